The number of fused-ring (bicyclic) bond motifs is 3. The van der Waals surface area contributed by atoms with E-state index in [1.54, 1.807) is 30.3 Å². The number of Topliss-reactive ketones (excluding diaryl/α,β-unsaturated/α-hetero) is 1. The number of allylic oxidation sites excluding steroid dienone is 6. The molecular weight excluding hydrogens is 620 g/mol. The number of rotatable bonds is 5. The molecule has 240 valence electrons. The van der Waals surface area contributed by atoms with Crippen LogP contribution in [0.25, 0.3) is 0 Å². The van der Waals surface area contributed by atoms with Gasteiger partial charge in [-0.25, -0.2) is 4.90 Å². The molecule has 46 heavy (non-hydrogen) atoms. The average Bonchev–Trinajstić information content (AvgIpc) is 3.26. The number of hydrogen-bond donors (Lipinski definition) is 1. The number of imide groups is 1. The van der Waals surface area contributed by atoms with Gasteiger partial charge < -0.3 is 9.84 Å². The zero-order valence-electron chi connectivity index (χ0n) is 24.0. The first-order chi connectivity index (χ1) is 21.6. The van der Waals surface area contributed by atoms with Crippen molar-refractivity contribution in [3.05, 3.63) is 93.6 Å². The molecule has 0 bridgehead atoms. The molecule has 4 atom stereocenters. The topological polar surface area (TPSA) is 101 Å². The smallest absolute Gasteiger partial charge is 0.416 e. The SMILES string of the molecule is CC1=CC(=O)C2=C(C[C@@H]3C(=CC[C@@H]4C(=O)N(c5cc(C(F)(F)F)cc(C(F)(F)F)c5)C(=O)[C@@H]43)[C@@H]2c2ccccc2OCCO)C1=O. The molecule has 4 aliphatic rings. The Morgan fingerprint density at radius 2 is 1.57 bits per heavy atom. The van der Waals surface area contributed by atoms with Crippen LogP contribution in [-0.2, 0) is 31.5 Å². The van der Waals surface area contributed by atoms with Crippen LogP contribution in [0, 0.1) is 17.8 Å². The van der Waals surface area contributed by atoms with E-state index in [2.05, 4.69) is 0 Å². The van der Waals surface area contributed by atoms with Gasteiger partial charge >= 0.3 is 12.4 Å². The number of amides is 2. The molecule has 1 aliphatic heterocycles. The van der Waals surface area contributed by atoms with Crippen molar-refractivity contribution < 1.29 is 55.4 Å². The van der Waals surface area contributed by atoms with E-state index < -0.39 is 76.2 Å². The summed E-state index contributed by atoms with van der Waals surface area (Å²) in [5.41, 5.74) is -2.80. The van der Waals surface area contributed by atoms with Gasteiger partial charge in [-0.1, -0.05) is 29.8 Å². The highest BCUT2D eigenvalue weighted by Gasteiger charge is 2.57. The van der Waals surface area contributed by atoms with E-state index in [1.807, 2.05) is 0 Å². The second-order valence-corrected chi connectivity index (χ2v) is 11.6. The van der Waals surface area contributed by atoms with Gasteiger partial charge in [0.15, 0.2) is 11.6 Å². The fourth-order valence-corrected chi connectivity index (χ4v) is 7.07. The third-order valence-electron chi connectivity index (χ3n) is 8.97. The molecule has 1 saturated heterocycles. The van der Waals surface area contributed by atoms with Crippen molar-refractivity contribution in [1.29, 1.82) is 0 Å². The van der Waals surface area contributed by atoms with Crippen LogP contribution in [0.1, 0.15) is 42.4 Å². The second kappa shape index (κ2) is 11.1. The van der Waals surface area contributed by atoms with E-state index in [4.69, 9.17) is 4.74 Å². The summed E-state index contributed by atoms with van der Waals surface area (Å²) >= 11 is 0. The molecule has 2 aromatic carbocycles. The number of ether oxygens (including phenoxy) is 1. The van der Waals surface area contributed by atoms with Crippen molar-refractivity contribution >= 4 is 29.1 Å². The number of para-hydroxylation sites is 1. The predicted octanol–water partition coefficient (Wildman–Crippen LogP) is 5.73. The number of hydrogen-bond acceptors (Lipinski definition) is 6. The first-order valence-electron chi connectivity index (χ1n) is 14.3. The predicted molar refractivity (Wildman–Crippen MR) is 149 cm³/mol. The summed E-state index contributed by atoms with van der Waals surface area (Å²) in [6, 6.07) is 7.20. The molecule has 6 rings (SSSR count). The number of anilines is 1. The normalized spacial score (nSPS) is 24.8. The van der Waals surface area contributed by atoms with Gasteiger partial charge in [-0.05, 0) is 56.0 Å². The van der Waals surface area contributed by atoms with Crippen molar-refractivity contribution in [3.63, 3.8) is 0 Å². The number of alkyl halides is 6. The van der Waals surface area contributed by atoms with Gasteiger partial charge in [-0.3, -0.25) is 19.2 Å². The molecule has 1 N–H and O–H groups in total. The summed E-state index contributed by atoms with van der Waals surface area (Å²) in [5, 5.41) is 9.36. The lowest BCUT2D eigenvalue weighted by atomic mass is 9.59. The second-order valence-electron chi connectivity index (χ2n) is 11.6. The number of carbonyl (C=O) groups excluding carboxylic acids is 4. The van der Waals surface area contributed by atoms with Crippen LogP contribution in [-0.4, -0.2) is 41.7 Å². The minimum atomic E-state index is -5.20. The quantitative estimate of drug-likeness (QED) is 0.193. The number of carbonyl (C=O) groups is 4. The molecule has 0 aromatic heterocycles. The van der Waals surface area contributed by atoms with Gasteiger partial charge in [0.2, 0.25) is 11.8 Å². The van der Waals surface area contributed by atoms with E-state index in [0.29, 0.717) is 33.9 Å². The van der Waals surface area contributed by atoms with Crippen molar-refractivity contribution in [2.75, 3.05) is 18.1 Å². The van der Waals surface area contributed by atoms with Gasteiger partial charge in [0.1, 0.15) is 12.4 Å². The summed E-state index contributed by atoms with van der Waals surface area (Å²) in [5.74, 6) is -6.69. The molecule has 7 nitrogen and oxygen atoms in total. The van der Waals surface area contributed by atoms with Crippen LogP contribution in [0.15, 0.2) is 76.9 Å². The van der Waals surface area contributed by atoms with E-state index in [1.165, 1.54) is 13.0 Å². The highest BCUT2D eigenvalue weighted by molar-refractivity contribution is 6.25. The monoisotopic (exact) mass is 645 g/mol. The molecule has 13 heteroatoms. The van der Waals surface area contributed by atoms with Crippen molar-refractivity contribution in [2.24, 2.45) is 17.8 Å². The van der Waals surface area contributed by atoms with Crippen molar-refractivity contribution in [1.82, 2.24) is 0 Å². The fourth-order valence-electron chi connectivity index (χ4n) is 7.07. The third-order valence-corrected chi connectivity index (χ3v) is 8.97. The van der Waals surface area contributed by atoms with Gasteiger partial charge in [0.25, 0.3) is 0 Å². The minimum absolute atomic E-state index is 0.0845. The molecule has 1 fully saturated rings. The summed E-state index contributed by atoms with van der Waals surface area (Å²) in [7, 11) is 0. The highest BCUT2D eigenvalue weighted by atomic mass is 19.4. The van der Waals surface area contributed by atoms with E-state index in [9.17, 15) is 50.6 Å². The maximum atomic E-state index is 14.0. The van der Waals surface area contributed by atoms with Crippen LogP contribution in [0.2, 0.25) is 0 Å². The number of benzene rings is 2. The Kier molecular flexibility index (Phi) is 7.57. The number of ketones is 2. The lowest BCUT2D eigenvalue weighted by Gasteiger charge is -2.42. The fraction of sp³-hybridized carbons (Fsp3) is 0.333. The van der Waals surface area contributed by atoms with Crippen molar-refractivity contribution in [3.8, 4) is 5.75 Å². The molecule has 0 radical (unpaired) electrons. The Morgan fingerprint density at radius 1 is 0.913 bits per heavy atom. The molecule has 1 heterocycles. The summed E-state index contributed by atoms with van der Waals surface area (Å²) in [4.78, 5) is 55.0. The largest absolute Gasteiger partial charge is 0.491 e. The van der Waals surface area contributed by atoms with Gasteiger partial charge in [-0.2, -0.15) is 26.3 Å². The molecule has 3 aliphatic carbocycles. The summed E-state index contributed by atoms with van der Waals surface area (Å²) in [6.45, 7) is 1.05. The minimum Gasteiger partial charge on any atom is -0.491 e. The molecule has 0 saturated carbocycles. The van der Waals surface area contributed by atoms with Crippen molar-refractivity contribution in [2.45, 2.75) is 38.0 Å². The van der Waals surface area contributed by atoms with E-state index in [0.717, 1.165) is 0 Å². The number of nitrogens with zero attached hydrogens (tertiary/aromatic N) is 1. The van der Waals surface area contributed by atoms with Crippen LogP contribution >= 0.6 is 0 Å². The van der Waals surface area contributed by atoms with Gasteiger partial charge in [-0.15, -0.1) is 0 Å². The lowest BCUT2D eigenvalue weighted by molar-refractivity contribution is -0.143. The Morgan fingerprint density at radius 3 is 2.20 bits per heavy atom. The van der Waals surface area contributed by atoms with Crippen LogP contribution in [0.5, 0.6) is 5.75 Å². The number of aliphatic hydroxyl groups is 1. The first kappa shape index (κ1) is 31.5. The lowest BCUT2D eigenvalue weighted by Crippen LogP contribution is -2.40. The zero-order valence-corrected chi connectivity index (χ0v) is 24.0. The maximum Gasteiger partial charge on any atom is 0.416 e. The van der Waals surface area contributed by atoms with E-state index >= 15 is 0 Å². The molecule has 0 unspecified atom stereocenters. The molecular formula is C33H25F6NO6. The van der Waals surface area contributed by atoms with Gasteiger partial charge in [0, 0.05) is 28.2 Å². The highest BCUT2D eigenvalue weighted by Crippen LogP contribution is 2.56. The zero-order chi connectivity index (χ0) is 33.3. The summed E-state index contributed by atoms with van der Waals surface area (Å²) < 4.78 is 87.6. The Hall–Kier alpha value is -4.52. The maximum absolute atomic E-state index is 14.0. The third kappa shape index (κ3) is 5.06. The Balaban J connectivity index is 1.48. The number of halogens is 6. The molecule has 2 aromatic rings. The number of aliphatic hydroxyl groups excluding tert-OH is 1. The molecule has 0 spiro atoms. The van der Waals surface area contributed by atoms with E-state index in [-0.39, 0.29) is 48.8 Å². The van der Waals surface area contributed by atoms with Crippen LogP contribution < -0.4 is 9.64 Å². The standard InChI is InChI=1S/C33H25F6NO6/c1-15-10-24(42)28-23(29(15)43)14-22-19(26(28)20-4-2-3-5-25(20)46-9-8-41)6-7-21-27(22)31(45)40(30(21)44)18-12-16(32(34,35)36)11-17(13-18)33(37,38)39/h2-6,10-13,21-22,26-27,41H,7-9,14H2,1H3/t21-,22+,26+,27-/m0/s1. The molecule has 2 amide bonds. The van der Waals surface area contributed by atoms with Gasteiger partial charge in [0.05, 0.1) is 35.3 Å². The summed E-state index contributed by atoms with van der Waals surface area (Å²) in [6.07, 6.45) is -7.75. The first-order valence-corrected chi connectivity index (χ1v) is 14.3. The van der Waals surface area contributed by atoms with Crippen LogP contribution in [0.3, 0.4) is 0 Å². The average molecular weight is 646 g/mol. The van der Waals surface area contributed by atoms with Crippen LogP contribution in [0.4, 0.5) is 32.0 Å². The Bertz CT molecular complexity index is 1750. The Labute approximate surface area is 257 Å².